The van der Waals surface area contributed by atoms with Gasteiger partial charge in [0.15, 0.2) is 0 Å². The Morgan fingerprint density at radius 3 is 2.95 bits per heavy atom. The molecule has 0 fully saturated rings. The van der Waals surface area contributed by atoms with Gasteiger partial charge in [-0.15, -0.1) is 11.3 Å². The van der Waals surface area contributed by atoms with Crippen LogP contribution in [0.5, 0.6) is 0 Å². The average molecular weight is 283 g/mol. The van der Waals surface area contributed by atoms with Gasteiger partial charge in [0, 0.05) is 18.0 Å². The summed E-state index contributed by atoms with van der Waals surface area (Å²) in [5.74, 6) is -0.339. The summed E-state index contributed by atoms with van der Waals surface area (Å²) in [5.41, 5.74) is 0.742. The first kappa shape index (κ1) is 14.5. The van der Waals surface area contributed by atoms with E-state index in [9.17, 15) is 9.90 Å². The molecule has 19 heavy (non-hydrogen) atoms. The van der Waals surface area contributed by atoms with Crippen LogP contribution in [0.25, 0.3) is 0 Å². The number of ether oxygens (including phenoxy) is 1. The zero-order chi connectivity index (χ0) is 14.0. The summed E-state index contributed by atoms with van der Waals surface area (Å²) in [4.78, 5) is 15.5. The van der Waals surface area contributed by atoms with Crippen molar-refractivity contribution in [2.75, 3.05) is 13.2 Å². The number of hydrogen-bond donors (Lipinski definition) is 1. The first-order chi connectivity index (χ1) is 8.90. The maximum Gasteiger partial charge on any atom is 0.326 e. The van der Waals surface area contributed by atoms with Crippen molar-refractivity contribution in [1.29, 1.82) is 0 Å². The zero-order valence-electron chi connectivity index (χ0n) is 11.7. The van der Waals surface area contributed by atoms with Gasteiger partial charge < -0.3 is 9.84 Å². The average Bonchev–Trinajstić information content (AvgIpc) is 2.74. The Hall–Kier alpha value is -0.910. The van der Waals surface area contributed by atoms with Gasteiger partial charge >= 0.3 is 5.97 Å². The van der Waals surface area contributed by atoms with E-state index >= 15 is 0 Å². The molecule has 0 amide bonds. The molecule has 4 nitrogen and oxygen atoms in total. The number of esters is 1. The van der Waals surface area contributed by atoms with Crippen LogP contribution in [0.15, 0.2) is 11.4 Å². The highest BCUT2D eigenvalue weighted by Crippen LogP contribution is 2.25. The van der Waals surface area contributed by atoms with Crippen LogP contribution in [0.3, 0.4) is 0 Å². The van der Waals surface area contributed by atoms with E-state index in [1.54, 1.807) is 11.3 Å². The number of aliphatic hydroxyl groups excluding tert-OH is 1. The van der Waals surface area contributed by atoms with Gasteiger partial charge in [0.05, 0.1) is 6.61 Å². The van der Waals surface area contributed by atoms with Crippen LogP contribution >= 0.6 is 11.3 Å². The molecule has 0 aliphatic carbocycles. The van der Waals surface area contributed by atoms with Crippen molar-refractivity contribution in [1.82, 2.24) is 4.90 Å². The number of carbonyl (C=O) groups is 1. The van der Waals surface area contributed by atoms with E-state index in [1.165, 1.54) is 10.4 Å². The summed E-state index contributed by atoms with van der Waals surface area (Å²) in [6, 6.07) is 1.53. The number of thiophene rings is 1. The predicted molar refractivity (Wildman–Crippen MR) is 75.2 cm³/mol. The monoisotopic (exact) mass is 283 g/mol. The standard InChI is InChI=1S/C14H21NO3S/c1-14(2,3)18-13(17)11(9-16)15-6-4-12-10(8-15)5-7-19-12/h5,7,11,16H,4,6,8-9H2,1-3H3. The summed E-state index contributed by atoms with van der Waals surface area (Å²) >= 11 is 1.76. The second-order valence-corrected chi connectivity index (χ2v) is 6.82. The highest BCUT2D eigenvalue weighted by Gasteiger charge is 2.32. The topological polar surface area (TPSA) is 49.8 Å². The Balaban J connectivity index is 2.05. The maximum atomic E-state index is 12.1. The summed E-state index contributed by atoms with van der Waals surface area (Å²) in [7, 11) is 0. The molecular weight excluding hydrogens is 262 g/mol. The summed E-state index contributed by atoms with van der Waals surface area (Å²) in [5, 5.41) is 11.6. The van der Waals surface area contributed by atoms with E-state index in [2.05, 4.69) is 11.4 Å². The normalized spacial score (nSPS) is 17.9. The lowest BCUT2D eigenvalue weighted by Gasteiger charge is -2.33. The van der Waals surface area contributed by atoms with Crippen LogP contribution in [0.4, 0.5) is 0 Å². The van der Waals surface area contributed by atoms with Crippen molar-refractivity contribution in [3.8, 4) is 0 Å². The van der Waals surface area contributed by atoms with Crippen LogP contribution in [0.2, 0.25) is 0 Å². The molecule has 5 heteroatoms. The van der Waals surface area contributed by atoms with Gasteiger partial charge in [0.25, 0.3) is 0 Å². The number of fused-ring (bicyclic) bond motifs is 1. The lowest BCUT2D eigenvalue weighted by Crippen LogP contribution is -2.48. The quantitative estimate of drug-likeness (QED) is 0.860. The molecule has 0 spiro atoms. The molecule has 1 atom stereocenters. The van der Waals surface area contributed by atoms with E-state index in [1.807, 2.05) is 25.7 Å². The second-order valence-electron chi connectivity index (χ2n) is 5.82. The molecule has 1 aliphatic rings. The molecule has 0 bridgehead atoms. The van der Waals surface area contributed by atoms with Crippen LogP contribution < -0.4 is 0 Å². The highest BCUT2D eigenvalue weighted by molar-refractivity contribution is 7.10. The molecular formula is C14H21NO3S. The largest absolute Gasteiger partial charge is 0.459 e. The molecule has 0 saturated heterocycles. The van der Waals surface area contributed by atoms with Crippen molar-refractivity contribution in [2.45, 2.75) is 45.4 Å². The van der Waals surface area contributed by atoms with Gasteiger partial charge in [-0.2, -0.15) is 0 Å². The smallest absolute Gasteiger partial charge is 0.326 e. The summed E-state index contributed by atoms with van der Waals surface area (Å²) < 4.78 is 5.38. The molecule has 1 aromatic heterocycles. The van der Waals surface area contributed by atoms with Crippen LogP contribution in [0.1, 0.15) is 31.2 Å². The van der Waals surface area contributed by atoms with E-state index in [0.717, 1.165) is 13.0 Å². The van der Waals surface area contributed by atoms with Gasteiger partial charge in [0.2, 0.25) is 0 Å². The number of aliphatic hydroxyl groups is 1. The first-order valence-electron chi connectivity index (χ1n) is 6.54. The third-order valence-corrected chi connectivity index (χ3v) is 4.15. The van der Waals surface area contributed by atoms with E-state index in [-0.39, 0.29) is 12.6 Å². The van der Waals surface area contributed by atoms with Crippen LogP contribution in [0, 0.1) is 0 Å². The fraction of sp³-hybridized carbons (Fsp3) is 0.643. The Labute approximate surface area is 118 Å². The molecule has 1 aromatic rings. The van der Waals surface area contributed by atoms with Crippen molar-refractivity contribution in [2.24, 2.45) is 0 Å². The first-order valence-corrected chi connectivity index (χ1v) is 7.41. The summed E-state index contributed by atoms with van der Waals surface area (Å²) in [6.07, 6.45) is 0.937. The van der Waals surface area contributed by atoms with Gasteiger partial charge in [-0.05, 0) is 44.2 Å². The number of carbonyl (C=O) groups excluding carboxylic acids is 1. The van der Waals surface area contributed by atoms with Crippen molar-refractivity contribution >= 4 is 17.3 Å². The van der Waals surface area contributed by atoms with E-state index in [0.29, 0.717) is 6.54 Å². The zero-order valence-corrected chi connectivity index (χ0v) is 12.5. The molecule has 0 aromatic carbocycles. The molecule has 2 heterocycles. The molecule has 1 unspecified atom stereocenters. The van der Waals surface area contributed by atoms with Gasteiger partial charge in [-0.1, -0.05) is 0 Å². The Morgan fingerprint density at radius 1 is 1.58 bits per heavy atom. The minimum absolute atomic E-state index is 0.200. The lowest BCUT2D eigenvalue weighted by molar-refractivity contribution is -0.163. The lowest BCUT2D eigenvalue weighted by atomic mass is 10.1. The molecule has 106 valence electrons. The van der Waals surface area contributed by atoms with Crippen LogP contribution in [-0.4, -0.2) is 40.8 Å². The SMILES string of the molecule is CC(C)(C)OC(=O)C(CO)N1CCc2sccc2C1. The second kappa shape index (κ2) is 5.61. The highest BCUT2D eigenvalue weighted by atomic mass is 32.1. The number of hydrogen-bond acceptors (Lipinski definition) is 5. The minimum atomic E-state index is -0.563. The Bertz CT molecular complexity index is 450. The van der Waals surface area contributed by atoms with Crippen molar-refractivity contribution < 1.29 is 14.6 Å². The van der Waals surface area contributed by atoms with E-state index < -0.39 is 11.6 Å². The molecule has 0 saturated carbocycles. The fourth-order valence-corrected chi connectivity index (χ4v) is 3.13. The Kier molecular flexibility index (Phi) is 4.28. The number of nitrogens with zero attached hydrogens (tertiary/aromatic N) is 1. The minimum Gasteiger partial charge on any atom is -0.459 e. The number of rotatable bonds is 3. The maximum absolute atomic E-state index is 12.1. The van der Waals surface area contributed by atoms with Gasteiger partial charge in [0.1, 0.15) is 11.6 Å². The molecule has 0 radical (unpaired) electrons. The molecule has 1 N–H and O–H groups in total. The van der Waals surface area contributed by atoms with Crippen LogP contribution in [-0.2, 0) is 22.5 Å². The van der Waals surface area contributed by atoms with Gasteiger partial charge in [-0.25, -0.2) is 0 Å². The molecule has 1 aliphatic heterocycles. The van der Waals surface area contributed by atoms with Crippen molar-refractivity contribution in [3.05, 3.63) is 21.9 Å². The molecule has 2 rings (SSSR count). The third-order valence-electron chi connectivity index (χ3n) is 3.13. The fourth-order valence-electron chi connectivity index (χ4n) is 2.25. The summed E-state index contributed by atoms with van der Waals surface area (Å²) in [6.45, 7) is 6.82. The van der Waals surface area contributed by atoms with Crippen molar-refractivity contribution in [3.63, 3.8) is 0 Å². The Morgan fingerprint density at radius 2 is 2.32 bits per heavy atom. The third kappa shape index (κ3) is 3.55. The predicted octanol–water partition coefficient (Wildman–Crippen LogP) is 1.81. The van der Waals surface area contributed by atoms with E-state index in [4.69, 9.17) is 4.74 Å². The van der Waals surface area contributed by atoms with Gasteiger partial charge in [-0.3, -0.25) is 9.69 Å².